The second-order valence-electron chi connectivity index (χ2n) is 9.64. The van der Waals surface area contributed by atoms with Gasteiger partial charge in [-0.1, -0.05) is 18.2 Å². The molecule has 2 amide bonds. The molecule has 206 valence electrons. The zero-order valence-corrected chi connectivity index (χ0v) is 22.3. The van der Waals surface area contributed by atoms with E-state index in [1.807, 2.05) is 72.8 Å². The monoisotopic (exact) mass is 538 g/mol. The van der Waals surface area contributed by atoms with E-state index in [4.69, 9.17) is 0 Å². The molecule has 0 spiro atoms. The van der Waals surface area contributed by atoms with Crippen LogP contribution in [0.3, 0.4) is 0 Å². The Morgan fingerprint density at radius 2 is 1.02 bits per heavy atom. The molecule has 0 unspecified atom stereocenters. The summed E-state index contributed by atoms with van der Waals surface area (Å²) in [5.74, 6) is -0.547. The van der Waals surface area contributed by atoms with Crippen LogP contribution in [0.4, 0.5) is 11.4 Å². The van der Waals surface area contributed by atoms with E-state index in [2.05, 4.69) is 41.5 Å². The molecule has 3 aromatic rings. The van der Waals surface area contributed by atoms with Crippen molar-refractivity contribution in [3.05, 3.63) is 95.1 Å². The predicted octanol–water partition coefficient (Wildman–Crippen LogP) is 2.03. The first kappa shape index (κ1) is 27.0. The van der Waals surface area contributed by atoms with Gasteiger partial charge in [-0.3, -0.25) is 9.59 Å². The van der Waals surface area contributed by atoms with Gasteiger partial charge in [-0.2, -0.15) is 10.2 Å². The number of carbonyl (C=O) groups excluding carboxylic acids is 2. The molecule has 40 heavy (non-hydrogen) atoms. The molecular weight excluding hydrogens is 504 g/mol. The van der Waals surface area contributed by atoms with Crippen molar-refractivity contribution in [3.8, 4) is 0 Å². The Hall–Kier alpha value is -4.54. The molecule has 3 aromatic carbocycles. The maximum absolute atomic E-state index is 12.5. The number of amides is 2. The van der Waals surface area contributed by atoms with Crippen molar-refractivity contribution in [3.63, 3.8) is 0 Å². The minimum Gasteiger partial charge on any atom is -0.369 e. The normalized spacial score (nSPS) is 15.9. The average Bonchev–Trinajstić information content (AvgIpc) is 3.02. The second kappa shape index (κ2) is 13.5. The fourth-order valence-corrected chi connectivity index (χ4v) is 4.67. The van der Waals surface area contributed by atoms with Crippen LogP contribution in [0.2, 0.25) is 0 Å². The molecular formula is C30H34N8O2. The molecule has 4 N–H and O–H groups in total. The van der Waals surface area contributed by atoms with Gasteiger partial charge in [0, 0.05) is 74.9 Å². The van der Waals surface area contributed by atoms with Crippen molar-refractivity contribution in [2.24, 2.45) is 10.2 Å². The molecule has 5 rings (SSSR count). The zero-order valence-electron chi connectivity index (χ0n) is 22.3. The van der Waals surface area contributed by atoms with Crippen molar-refractivity contribution in [2.75, 3.05) is 62.2 Å². The smallest absolute Gasteiger partial charge is 0.271 e. The number of anilines is 2. The van der Waals surface area contributed by atoms with E-state index < -0.39 is 0 Å². The van der Waals surface area contributed by atoms with Crippen LogP contribution in [-0.2, 0) is 0 Å². The molecule has 2 aliphatic rings. The van der Waals surface area contributed by atoms with Crippen LogP contribution >= 0.6 is 0 Å². The van der Waals surface area contributed by atoms with Gasteiger partial charge in [-0.05, 0) is 65.7 Å². The Morgan fingerprint density at radius 3 is 1.43 bits per heavy atom. The largest absolute Gasteiger partial charge is 0.369 e. The van der Waals surface area contributed by atoms with Crippen LogP contribution in [0, 0.1) is 0 Å². The third-order valence-electron chi connectivity index (χ3n) is 6.89. The summed E-state index contributed by atoms with van der Waals surface area (Å²) >= 11 is 0. The molecule has 10 nitrogen and oxygen atoms in total. The molecule has 2 aliphatic heterocycles. The fourth-order valence-electron chi connectivity index (χ4n) is 4.67. The predicted molar refractivity (Wildman–Crippen MR) is 160 cm³/mol. The lowest BCUT2D eigenvalue weighted by Crippen LogP contribution is -2.43. The summed E-state index contributed by atoms with van der Waals surface area (Å²) in [6, 6.07) is 22.6. The number of hydrogen-bond donors (Lipinski definition) is 4. The second-order valence-corrected chi connectivity index (χ2v) is 9.64. The maximum Gasteiger partial charge on any atom is 0.271 e. The standard InChI is InChI=1S/C30H34N8O2/c39-29(25-4-8-27(9-5-25)37-16-12-31-13-17-37)35-33-21-23-2-1-3-24(20-23)22-34-36-30(40)26-6-10-28(11-7-26)38-18-14-32-15-19-38/h1-11,20-22,31-32H,12-19H2,(H,35,39)(H,36,40). The molecule has 0 aromatic heterocycles. The summed E-state index contributed by atoms with van der Waals surface area (Å²) in [7, 11) is 0. The molecule has 0 radical (unpaired) electrons. The number of nitrogens with zero attached hydrogens (tertiary/aromatic N) is 4. The lowest BCUT2D eigenvalue weighted by atomic mass is 10.1. The van der Waals surface area contributed by atoms with Crippen molar-refractivity contribution >= 4 is 35.6 Å². The minimum atomic E-state index is -0.274. The Morgan fingerprint density at radius 1 is 0.625 bits per heavy atom. The summed E-state index contributed by atoms with van der Waals surface area (Å²) in [4.78, 5) is 29.6. The number of carbonyl (C=O) groups is 2. The summed E-state index contributed by atoms with van der Waals surface area (Å²) in [5.41, 5.74) is 10.0. The van der Waals surface area contributed by atoms with Gasteiger partial charge in [0.2, 0.25) is 0 Å². The van der Waals surface area contributed by atoms with Crippen LogP contribution in [0.1, 0.15) is 31.8 Å². The number of rotatable bonds is 8. The first-order valence-electron chi connectivity index (χ1n) is 13.5. The number of piperazine rings is 2. The van der Waals surface area contributed by atoms with E-state index in [9.17, 15) is 9.59 Å². The Balaban J connectivity index is 1.10. The van der Waals surface area contributed by atoms with Crippen molar-refractivity contribution in [1.82, 2.24) is 21.5 Å². The van der Waals surface area contributed by atoms with E-state index >= 15 is 0 Å². The Kier molecular flexibility index (Phi) is 9.13. The Bertz CT molecular complexity index is 1240. The van der Waals surface area contributed by atoms with Gasteiger partial charge < -0.3 is 20.4 Å². The summed E-state index contributed by atoms with van der Waals surface area (Å²) in [6.45, 7) is 7.67. The molecule has 0 atom stereocenters. The highest BCUT2D eigenvalue weighted by Crippen LogP contribution is 2.17. The van der Waals surface area contributed by atoms with Gasteiger partial charge in [0.1, 0.15) is 0 Å². The fraction of sp³-hybridized carbons (Fsp3) is 0.267. The minimum absolute atomic E-state index is 0.274. The molecule has 2 fully saturated rings. The molecule has 0 saturated carbocycles. The average molecular weight is 539 g/mol. The van der Waals surface area contributed by atoms with Gasteiger partial charge in [-0.25, -0.2) is 10.9 Å². The van der Waals surface area contributed by atoms with Gasteiger partial charge in [0.05, 0.1) is 12.4 Å². The van der Waals surface area contributed by atoms with Gasteiger partial charge in [-0.15, -0.1) is 0 Å². The topological polar surface area (TPSA) is 113 Å². The molecule has 10 heteroatoms. The van der Waals surface area contributed by atoms with E-state index in [1.54, 1.807) is 12.4 Å². The van der Waals surface area contributed by atoms with E-state index in [1.165, 1.54) is 0 Å². The summed E-state index contributed by atoms with van der Waals surface area (Å²) < 4.78 is 0. The van der Waals surface area contributed by atoms with Gasteiger partial charge in [0.25, 0.3) is 11.8 Å². The van der Waals surface area contributed by atoms with Crippen LogP contribution in [-0.4, -0.2) is 76.6 Å². The van der Waals surface area contributed by atoms with Crippen LogP contribution in [0.5, 0.6) is 0 Å². The first-order chi connectivity index (χ1) is 19.7. The van der Waals surface area contributed by atoms with E-state index in [0.717, 1.165) is 74.9 Å². The lowest BCUT2D eigenvalue weighted by molar-refractivity contribution is 0.0947. The SMILES string of the molecule is O=C(NN=Cc1cccc(C=NNC(=O)c2ccc(N3CCNCC3)cc2)c1)c1ccc(N2CCNCC2)cc1. The third kappa shape index (κ3) is 7.31. The Labute approximate surface area is 234 Å². The summed E-state index contributed by atoms with van der Waals surface area (Å²) in [6.07, 6.45) is 3.14. The first-order valence-corrected chi connectivity index (χ1v) is 13.5. The van der Waals surface area contributed by atoms with Crippen LogP contribution in [0.25, 0.3) is 0 Å². The number of benzene rings is 3. The summed E-state index contributed by atoms with van der Waals surface area (Å²) in [5, 5.41) is 14.9. The molecule has 0 aliphatic carbocycles. The lowest BCUT2D eigenvalue weighted by Gasteiger charge is -2.29. The maximum atomic E-state index is 12.5. The van der Waals surface area contributed by atoms with Gasteiger partial charge in [0.15, 0.2) is 0 Å². The highest BCUT2D eigenvalue weighted by molar-refractivity contribution is 5.96. The number of hydrazone groups is 2. The quantitative estimate of drug-likeness (QED) is 0.258. The molecule has 0 bridgehead atoms. The van der Waals surface area contributed by atoms with Crippen LogP contribution < -0.4 is 31.3 Å². The highest BCUT2D eigenvalue weighted by atomic mass is 16.2. The van der Waals surface area contributed by atoms with Crippen molar-refractivity contribution in [1.29, 1.82) is 0 Å². The molecule has 2 heterocycles. The molecule has 2 saturated heterocycles. The zero-order chi connectivity index (χ0) is 27.6. The highest BCUT2D eigenvalue weighted by Gasteiger charge is 2.12. The third-order valence-corrected chi connectivity index (χ3v) is 6.89. The van der Waals surface area contributed by atoms with Crippen molar-refractivity contribution < 1.29 is 9.59 Å². The van der Waals surface area contributed by atoms with E-state index in [0.29, 0.717) is 11.1 Å². The van der Waals surface area contributed by atoms with Gasteiger partial charge >= 0.3 is 0 Å². The van der Waals surface area contributed by atoms with Crippen molar-refractivity contribution in [2.45, 2.75) is 0 Å². The van der Waals surface area contributed by atoms with Crippen LogP contribution in [0.15, 0.2) is 83.0 Å². The number of nitrogens with one attached hydrogen (secondary N) is 4. The number of hydrogen-bond acceptors (Lipinski definition) is 8. The van der Waals surface area contributed by atoms with E-state index in [-0.39, 0.29) is 11.8 Å².